The molecule has 2 nitrogen and oxygen atoms in total. The second kappa shape index (κ2) is 5.36. The largest absolute Gasteiger partial charge is 0.494 e. The highest BCUT2D eigenvalue weighted by Gasteiger charge is 2.15. The first-order valence-electron chi connectivity index (χ1n) is 5.92. The lowest BCUT2D eigenvalue weighted by Gasteiger charge is -2.12. The van der Waals surface area contributed by atoms with E-state index >= 15 is 0 Å². The molecule has 2 aromatic carbocycles. The van der Waals surface area contributed by atoms with Crippen LogP contribution in [-0.4, -0.2) is 7.11 Å². The van der Waals surface area contributed by atoms with E-state index in [9.17, 15) is 8.78 Å². The van der Waals surface area contributed by atoms with E-state index in [1.165, 1.54) is 25.3 Å². The van der Waals surface area contributed by atoms with E-state index in [1.807, 2.05) is 0 Å². The van der Waals surface area contributed by atoms with E-state index in [0.717, 1.165) is 5.56 Å². The Labute approximate surface area is 110 Å². The number of hydrogen-bond donors (Lipinski definition) is 1. The number of benzene rings is 2. The molecule has 2 aromatic rings. The van der Waals surface area contributed by atoms with Crippen molar-refractivity contribution in [2.45, 2.75) is 13.0 Å². The van der Waals surface area contributed by atoms with Crippen LogP contribution in [0.1, 0.15) is 18.5 Å². The maximum Gasteiger partial charge on any atom is 0.172 e. The molecule has 0 aliphatic carbocycles. The van der Waals surface area contributed by atoms with Crippen LogP contribution in [0.4, 0.5) is 8.78 Å². The van der Waals surface area contributed by atoms with E-state index in [-0.39, 0.29) is 22.9 Å². The summed E-state index contributed by atoms with van der Waals surface area (Å²) in [4.78, 5) is 0. The van der Waals surface area contributed by atoms with Gasteiger partial charge in [-0.2, -0.15) is 0 Å². The second-order valence-electron chi connectivity index (χ2n) is 4.35. The predicted molar refractivity (Wildman–Crippen MR) is 70.9 cm³/mol. The van der Waals surface area contributed by atoms with Crippen LogP contribution in [0.15, 0.2) is 36.4 Å². The summed E-state index contributed by atoms with van der Waals surface area (Å²) in [5, 5.41) is 0. The van der Waals surface area contributed by atoms with Gasteiger partial charge in [-0.25, -0.2) is 8.78 Å². The molecule has 0 saturated heterocycles. The summed E-state index contributed by atoms with van der Waals surface area (Å²) in [6.07, 6.45) is 0. The Kier molecular flexibility index (Phi) is 3.81. The zero-order chi connectivity index (χ0) is 14.0. The Hall–Kier alpha value is -1.94. The topological polar surface area (TPSA) is 35.2 Å². The smallest absolute Gasteiger partial charge is 0.172 e. The average molecular weight is 263 g/mol. The van der Waals surface area contributed by atoms with Crippen molar-refractivity contribution in [2.75, 3.05) is 7.11 Å². The van der Waals surface area contributed by atoms with Crippen molar-refractivity contribution in [3.05, 3.63) is 53.6 Å². The highest BCUT2D eigenvalue weighted by molar-refractivity contribution is 5.67. The summed E-state index contributed by atoms with van der Waals surface area (Å²) >= 11 is 0. The molecule has 0 aromatic heterocycles. The molecular formula is C15H15F2NO. The maximum atomic E-state index is 14.1. The lowest BCUT2D eigenvalue weighted by molar-refractivity contribution is 0.387. The van der Waals surface area contributed by atoms with Gasteiger partial charge in [-0.15, -0.1) is 0 Å². The molecule has 0 spiro atoms. The molecule has 4 heteroatoms. The van der Waals surface area contributed by atoms with Crippen molar-refractivity contribution >= 4 is 0 Å². The van der Waals surface area contributed by atoms with Gasteiger partial charge in [0.25, 0.3) is 0 Å². The third-order valence-corrected chi connectivity index (χ3v) is 2.99. The van der Waals surface area contributed by atoms with Crippen LogP contribution in [0.3, 0.4) is 0 Å². The van der Waals surface area contributed by atoms with E-state index in [2.05, 4.69) is 0 Å². The Bertz CT molecular complexity index is 597. The Morgan fingerprint density at radius 2 is 1.84 bits per heavy atom. The zero-order valence-electron chi connectivity index (χ0n) is 10.8. The molecule has 0 amide bonds. The minimum absolute atomic E-state index is 0.0862. The van der Waals surface area contributed by atoms with Crippen molar-refractivity contribution in [2.24, 2.45) is 5.73 Å². The Morgan fingerprint density at radius 1 is 1.11 bits per heavy atom. The van der Waals surface area contributed by atoms with Gasteiger partial charge in [0.05, 0.1) is 7.11 Å². The maximum absolute atomic E-state index is 14.1. The van der Waals surface area contributed by atoms with Crippen molar-refractivity contribution in [1.29, 1.82) is 0 Å². The molecule has 0 aliphatic heterocycles. The second-order valence-corrected chi connectivity index (χ2v) is 4.35. The van der Waals surface area contributed by atoms with E-state index in [4.69, 9.17) is 10.5 Å². The van der Waals surface area contributed by atoms with Crippen LogP contribution in [0.5, 0.6) is 5.75 Å². The van der Waals surface area contributed by atoms with Crippen LogP contribution in [0, 0.1) is 11.6 Å². The van der Waals surface area contributed by atoms with Crippen molar-refractivity contribution in [1.82, 2.24) is 0 Å². The highest BCUT2D eigenvalue weighted by atomic mass is 19.1. The molecule has 19 heavy (non-hydrogen) atoms. The zero-order valence-corrected chi connectivity index (χ0v) is 10.8. The summed E-state index contributed by atoms with van der Waals surface area (Å²) in [7, 11) is 1.37. The molecule has 2 N–H and O–H groups in total. The summed E-state index contributed by atoms with van der Waals surface area (Å²) in [5.74, 6) is -0.981. The molecule has 1 atom stereocenters. The third-order valence-electron chi connectivity index (χ3n) is 2.99. The quantitative estimate of drug-likeness (QED) is 0.917. The van der Waals surface area contributed by atoms with Crippen molar-refractivity contribution in [3.63, 3.8) is 0 Å². The molecule has 0 fully saturated rings. The minimum Gasteiger partial charge on any atom is -0.494 e. The molecule has 0 bridgehead atoms. The standard InChI is InChI=1S/C15H15F2NO/c1-9(18)10-6-7-13(16)12(8-10)11-4-3-5-14(19-2)15(11)17/h3-9H,18H2,1-2H3. The highest BCUT2D eigenvalue weighted by Crippen LogP contribution is 2.32. The molecule has 0 heterocycles. The van der Waals surface area contributed by atoms with Gasteiger partial charge in [0.1, 0.15) is 5.82 Å². The number of nitrogens with two attached hydrogens (primary N) is 1. The molecular weight excluding hydrogens is 248 g/mol. The fourth-order valence-electron chi connectivity index (χ4n) is 1.91. The van der Waals surface area contributed by atoms with E-state index < -0.39 is 11.6 Å². The fourth-order valence-corrected chi connectivity index (χ4v) is 1.91. The number of hydrogen-bond acceptors (Lipinski definition) is 2. The average Bonchev–Trinajstić information content (AvgIpc) is 2.39. The van der Waals surface area contributed by atoms with E-state index in [0.29, 0.717) is 0 Å². The minimum atomic E-state index is -0.578. The van der Waals surface area contributed by atoms with Crippen LogP contribution < -0.4 is 10.5 Å². The third kappa shape index (κ3) is 2.58. The van der Waals surface area contributed by atoms with Crippen molar-refractivity contribution < 1.29 is 13.5 Å². The fraction of sp³-hybridized carbons (Fsp3) is 0.200. The van der Waals surface area contributed by atoms with Gasteiger partial charge >= 0.3 is 0 Å². The number of methoxy groups -OCH3 is 1. The number of ether oxygens (including phenoxy) is 1. The summed E-state index contributed by atoms with van der Waals surface area (Å²) < 4.78 is 32.9. The normalized spacial score (nSPS) is 12.3. The monoisotopic (exact) mass is 263 g/mol. The summed E-state index contributed by atoms with van der Waals surface area (Å²) in [5.41, 5.74) is 6.87. The van der Waals surface area contributed by atoms with Gasteiger partial charge in [-0.1, -0.05) is 18.2 Å². The molecule has 2 rings (SSSR count). The van der Waals surface area contributed by atoms with Crippen LogP contribution in [-0.2, 0) is 0 Å². The molecule has 0 saturated carbocycles. The van der Waals surface area contributed by atoms with Gasteiger partial charge in [0.15, 0.2) is 11.6 Å². The SMILES string of the molecule is COc1cccc(-c2cc(C(C)N)ccc2F)c1F. The summed E-state index contributed by atoms with van der Waals surface area (Å²) in [6, 6.07) is 8.85. The first kappa shape index (κ1) is 13.5. The van der Waals surface area contributed by atoms with Crippen LogP contribution in [0.2, 0.25) is 0 Å². The predicted octanol–water partition coefficient (Wildman–Crippen LogP) is 3.66. The molecule has 0 aliphatic rings. The molecule has 1 unspecified atom stereocenters. The van der Waals surface area contributed by atoms with Gasteiger partial charge in [-0.05, 0) is 30.7 Å². The van der Waals surface area contributed by atoms with Gasteiger partial charge in [0.2, 0.25) is 0 Å². The lowest BCUT2D eigenvalue weighted by atomic mass is 9.99. The van der Waals surface area contributed by atoms with Crippen LogP contribution >= 0.6 is 0 Å². The van der Waals surface area contributed by atoms with Gasteiger partial charge in [-0.3, -0.25) is 0 Å². The molecule has 100 valence electrons. The Morgan fingerprint density at radius 3 is 2.47 bits per heavy atom. The molecule has 0 radical (unpaired) electrons. The van der Waals surface area contributed by atoms with Gasteiger partial charge in [0, 0.05) is 17.2 Å². The Balaban J connectivity index is 2.61. The summed E-state index contributed by atoms with van der Waals surface area (Å²) in [6.45, 7) is 1.79. The first-order valence-corrected chi connectivity index (χ1v) is 5.92. The van der Waals surface area contributed by atoms with Gasteiger partial charge < -0.3 is 10.5 Å². The van der Waals surface area contributed by atoms with Crippen molar-refractivity contribution in [3.8, 4) is 16.9 Å². The van der Waals surface area contributed by atoms with E-state index in [1.54, 1.807) is 25.1 Å². The van der Waals surface area contributed by atoms with Crippen LogP contribution in [0.25, 0.3) is 11.1 Å². The lowest BCUT2D eigenvalue weighted by Crippen LogP contribution is -2.05. The number of rotatable bonds is 3. The first-order chi connectivity index (χ1) is 9.04. The number of halogens is 2.